The second kappa shape index (κ2) is 30.3. The summed E-state index contributed by atoms with van der Waals surface area (Å²) in [6, 6.07) is 47.6. The fourth-order valence-corrected chi connectivity index (χ4v) is 12.5. The molecule has 12 aromatic rings. The van der Waals surface area contributed by atoms with Crippen LogP contribution in [0.15, 0.2) is 211 Å². The number of fused-ring (bicyclic) bond motifs is 22. The van der Waals surface area contributed by atoms with Crippen molar-refractivity contribution in [2.75, 3.05) is 25.0 Å². The Morgan fingerprint density at radius 3 is 1.09 bits per heavy atom. The zero-order valence-corrected chi connectivity index (χ0v) is 62.4. The monoisotopic (exact) mass is 1600 g/mol. The molecule has 0 saturated heterocycles. The number of nitrogens with zero attached hydrogens (tertiary/aromatic N) is 12. The van der Waals surface area contributed by atoms with Crippen LogP contribution in [0, 0.1) is 0 Å². The molecule has 33 nitrogen and oxygen atoms in total. The second-order valence-electron chi connectivity index (χ2n) is 22.2. The summed E-state index contributed by atoms with van der Waals surface area (Å²) in [6.07, 6.45) is 3.16. The maximum absolute atomic E-state index is 12.3. The van der Waals surface area contributed by atoms with Crippen molar-refractivity contribution < 1.29 is 111 Å². The van der Waals surface area contributed by atoms with Crippen LogP contribution in [0.5, 0.6) is 5.75 Å². The van der Waals surface area contributed by atoms with Crippen molar-refractivity contribution >= 4 is 159 Å². The van der Waals surface area contributed by atoms with Crippen molar-refractivity contribution in [2.45, 2.75) is 20.4 Å². The number of hydrogen-bond donors (Lipinski definition) is 7. The molecule has 8 bridgehead atoms. The summed E-state index contributed by atoms with van der Waals surface area (Å²) in [5.74, 6) is 1.15. The average molecular weight is 1600 g/mol. The summed E-state index contributed by atoms with van der Waals surface area (Å²) in [6.45, 7) is 0. The second-order valence-corrected chi connectivity index (χ2v) is 33.0. The van der Waals surface area contributed by atoms with E-state index in [0.717, 1.165) is 80.4 Å². The molecule has 0 fully saturated rings. The number of sulfone groups is 1. The van der Waals surface area contributed by atoms with Gasteiger partial charge in [0.25, 0.3) is 60.7 Å². The van der Waals surface area contributed by atoms with Gasteiger partial charge in [-0.1, -0.05) is 115 Å². The van der Waals surface area contributed by atoms with E-state index < -0.39 is 91.8 Å². The molecule has 5 heterocycles. The Hall–Kier alpha value is -10.1. The summed E-state index contributed by atoms with van der Waals surface area (Å²) in [5, 5.41) is 31.0. The van der Waals surface area contributed by atoms with Gasteiger partial charge in [0.05, 0.1) is 74.7 Å². The number of aromatic hydroxyl groups is 1. The maximum Gasteiger partial charge on any atom is 2.00 e. The van der Waals surface area contributed by atoms with Crippen molar-refractivity contribution in [3.05, 3.63) is 181 Å². The summed E-state index contributed by atoms with van der Waals surface area (Å²) in [7, 11) is -28.6. The zero-order chi connectivity index (χ0) is 74.9. The Bertz CT molecular complexity index is 6160. The van der Waals surface area contributed by atoms with Crippen LogP contribution < -0.4 is 9.97 Å². The maximum atomic E-state index is 12.3. The van der Waals surface area contributed by atoms with Crippen LogP contribution in [0.25, 0.3) is 111 Å². The van der Waals surface area contributed by atoms with Crippen LogP contribution in [0.1, 0.15) is 5.56 Å². The molecular weight excluding hydrogens is 1550 g/mol. The molecule has 9 aromatic carbocycles. The Balaban J connectivity index is 0.000000202. The predicted molar refractivity (Wildman–Crippen MR) is 379 cm³/mol. The fourth-order valence-electron chi connectivity index (χ4n) is 10.1. The van der Waals surface area contributed by atoms with E-state index in [9.17, 15) is 73.1 Å². The SMILES string of the molecule is CS(=O)(=O)Cc1ccc2c(O)c(N=Nc3ccc(N=Nc4ccc(S(=O)(=O)O)cc4)c4cc(S(=O)(=O)O)ccc34)c(S(=O)(=O)O)cc2c1.CS(=O)(=O)O.CS(=O)(=O)O.CS(=O)(=O)O.[Zn+2].c1ccc2c(c1)-c1nc-2nc2[n-]c(nc3nc(nc4[n-]c(n1)c1ccccc41)-c1ccccc1-3)c1ccccc21. The zero-order valence-electron chi connectivity index (χ0n) is 53.7. The van der Waals surface area contributed by atoms with Gasteiger partial charge in [0.15, 0.2) is 15.6 Å². The number of phenols is 1. The van der Waals surface area contributed by atoms with E-state index in [2.05, 4.69) is 20.5 Å². The summed E-state index contributed by atoms with van der Waals surface area (Å²) < 4.78 is 201. The molecule has 0 atom stereocenters. The Labute approximate surface area is 603 Å². The Morgan fingerprint density at radius 2 is 0.712 bits per heavy atom. The largest absolute Gasteiger partial charge is 2.00 e. The number of benzene rings is 9. The fraction of sp³-hybridized carbons (Fsp3) is 0.0794. The van der Waals surface area contributed by atoms with Gasteiger partial charge >= 0.3 is 19.5 Å². The standard InChI is InChI=1S/C32H16N8.C28H22N4O12S4.3CH4O3S.Zn/c1-2-10-18-17(9-1)25-33-26(18)38-28-21-13-5-6-14-22(21)30(35-28)40-32-24-16-8-7-15-23(24)31(36-32)39-29-20-12-4-3-11-19(20)27(34-29)37-25;1-45(34,35)15-16-2-8-21-17(12-16)13-26(48(42,43)44)27(28(21)33)32-31-24-10-11-25(23-14-20(47(39,40)41)7-9-22(23)24)30-29-18-3-5-19(6-4-18)46(36,37)38;3*1-5(2,3)4;/h1-16H;2-14,33H,15H2,1H3,(H,36,37,38)(H,39,40,41)(H,42,43,44);3*1H3,(H,2,3,4);/q-2;;;;;+2. The van der Waals surface area contributed by atoms with Crippen molar-refractivity contribution in [1.82, 2.24) is 39.9 Å². The van der Waals surface area contributed by atoms with E-state index in [-0.39, 0.29) is 68.7 Å². The van der Waals surface area contributed by atoms with Crippen molar-refractivity contribution in [3.8, 4) is 51.3 Å². The predicted octanol–water partition coefficient (Wildman–Crippen LogP) is 10.5. The molecule has 0 aliphatic carbocycles. The van der Waals surface area contributed by atoms with Crippen molar-refractivity contribution in [1.29, 1.82) is 0 Å². The van der Waals surface area contributed by atoms with E-state index in [4.69, 9.17) is 58.1 Å². The third kappa shape index (κ3) is 19.8. The summed E-state index contributed by atoms with van der Waals surface area (Å²) in [5.41, 5.74) is 5.61. The van der Waals surface area contributed by atoms with Crippen LogP contribution in [0.4, 0.5) is 22.7 Å². The molecule has 2 aliphatic rings. The molecule has 7 N–H and O–H groups in total. The molecule has 0 radical (unpaired) electrons. The third-order valence-electron chi connectivity index (χ3n) is 14.1. The quantitative estimate of drug-likeness (QED) is 0.0401. The minimum atomic E-state index is -5.02. The summed E-state index contributed by atoms with van der Waals surface area (Å²) in [4.78, 5) is 37.5. The Kier molecular flexibility index (Phi) is 22.7. The molecular formula is C63H50N12O21S7Zn. The van der Waals surface area contributed by atoms with Crippen LogP contribution in [-0.4, -0.2) is 146 Å². The molecule has 0 unspecified atom stereocenters. The number of rotatable bonds is 9. The molecule has 0 amide bonds. The first-order valence-electron chi connectivity index (χ1n) is 28.8. The number of hydrogen-bond acceptors (Lipinski definition) is 25. The molecule has 14 rings (SSSR count). The minimum absolute atomic E-state index is 0. The first-order chi connectivity index (χ1) is 48.0. The topological polar surface area (TPSA) is 536 Å². The minimum Gasteiger partial charge on any atom is -0.505 e. The smallest absolute Gasteiger partial charge is 0.505 e. The number of azo groups is 2. The van der Waals surface area contributed by atoms with Gasteiger partial charge in [-0.05, 0) is 93.2 Å². The third-order valence-corrected chi connectivity index (χ3v) is 17.5. The van der Waals surface area contributed by atoms with E-state index in [1.807, 2.05) is 97.1 Å². The van der Waals surface area contributed by atoms with Crippen LogP contribution in [0.3, 0.4) is 0 Å². The van der Waals surface area contributed by atoms with Gasteiger partial charge in [-0.2, -0.15) is 55.6 Å². The molecule has 3 aromatic heterocycles. The molecule has 104 heavy (non-hydrogen) atoms. The average Bonchev–Trinajstić information content (AvgIpc) is 1.37. The van der Waals surface area contributed by atoms with Gasteiger partial charge in [0.2, 0.25) is 0 Å². The van der Waals surface area contributed by atoms with Crippen LogP contribution in [-0.2, 0) is 95.8 Å². The summed E-state index contributed by atoms with van der Waals surface area (Å²) >= 11 is 0. The van der Waals surface area contributed by atoms with Gasteiger partial charge in [0.1, 0.15) is 10.6 Å². The van der Waals surface area contributed by atoms with E-state index in [1.165, 1.54) is 48.5 Å². The van der Waals surface area contributed by atoms with Gasteiger partial charge in [-0.15, -0.1) is 15.3 Å². The van der Waals surface area contributed by atoms with Gasteiger partial charge in [-0.25, -0.2) is 18.4 Å². The van der Waals surface area contributed by atoms with Crippen LogP contribution >= 0.6 is 0 Å². The van der Waals surface area contributed by atoms with E-state index in [0.29, 0.717) is 70.2 Å². The van der Waals surface area contributed by atoms with Crippen LogP contribution in [0.2, 0.25) is 0 Å². The van der Waals surface area contributed by atoms with Crippen molar-refractivity contribution in [3.63, 3.8) is 0 Å². The van der Waals surface area contributed by atoms with Gasteiger partial charge in [0, 0.05) is 67.3 Å². The molecule has 0 saturated carbocycles. The van der Waals surface area contributed by atoms with E-state index in [1.54, 1.807) is 0 Å². The first kappa shape index (κ1) is 78.0. The normalized spacial score (nSPS) is 12.4. The van der Waals surface area contributed by atoms with E-state index >= 15 is 0 Å². The molecule has 0 spiro atoms. The van der Waals surface area contributed by atoms with Gasteiger partial charge in [-0.3, -0.25) is 27.3 Å². The van der Waals surface area contributed by atoms with Crippen molar-refractivity contribution in [2.24, 2.45) is 20.5 Å². The van der Waals surface area contributed by atoms with Gasteiger partial charge < -0.3 is 35.0 Å². The molecule has 2 aliphatic heterocycles. The number of aromatic nitrogens is 8. The molecule has 532 valence electrons. The molecule has 41 heteroatoms. The first-order valence-corrected chi connectivity index (χ1v) is 40.7. The Morgan fingerprint density at radius 1 is 0.356 bits per heavy atom. The number of phenolic OH excluding ortho intramolecular Hbond substituents is 1.